The smallest absolute Gasteiger partial charge is 0.331 e. The highest BCUT2D eigenvalue weighted by Crippen LogP contribution is 2.29. The number of carbonyl (C=O) groups excluding carboxylic acids is 1. The topological polar surface area (TPSA) is 77.8 Å². The van der Waals surface area contributed by atoms with Crippen molar-refractivity contribution in [2.24, 2.45) is 0 Å². The Morgan fingerprint density at radius 2 is 2.22 bits per heavy atom. The molecule has 2 N–H and O–H groups in total. The summed E-state index contributed by atoms with van der Waals surface area (Å²) in [5.74, 6) is -1.27. The number of phenolic OH excluding ortho intramolecular Hbond substituents is 1. The Morgan fingerprint density at radius 3 is 2.67 bits per heavy atom. The van der Waals surface area contributed by atoms with Crippen LogP contribution in [-0.4, -0.2) is 34.0 Å². The predicted molar refractivity (Wildman–Crippen MR) is 66.6 cm³/mol. The van der Waals surface area contributed by atoms with Crippen LogP contribution >= 0.6 is 11.6 Å². The summed E-state index contributed by atoms with van der Waals surface area (Å²) >= 11 is 5.74. The molecule has 0 heterocycles. The van der Waals surface area contributed by atoms with Crippen LogP contribution in [0.3, 0.4) is 0 Å². The van der Waals surface area contributed by atoms with Crippen LogP contribution in [0.15, 0.2) is 18.2 Å². The van der Waals surface area contributed by atoms with Gasteiger partial charge in [-0.05, 0) is 24.1 Å². The van der Waals surface area contributed by atoms with Crippen molar-refractivity contribution in [2.75, 3.05) is 6.54 Å². The van der Waals surface area contributed by atoms with Crippen LogP contribution in [-0.2, 0) is 9.59 Å². The van der Waals surface area contributed by atoms with Crippen LogP contribution < -0.4 is 0 Å². The minimum absolute atomic E-state index is 0.0566. The lowest BCUT2D eigenvalue weighted by Crippen LogP contribution is -2.33. The fourth-order valence-electron chi connectivity index (χ4n) is 1.67. The largest absolute Gasteiger partial charge is 0.506 e. The predicted octanol–water partition coefficient (Wildman–Crippen LogP) is 2.04. The quantitative estimate of drug-likeness (QED) is 0.776. The zero-order chi connectivity index (χ0) is 13.7. The summed E-state index contributed by atoms with van der Waals surface area (Å²) < 4.78 is 0. The molecule has 98 valence electrons. The van der Waals surface area contributed by atoms with Crippen molar-refractivity contribution in [1.29, 1.82) is 0 Å². The summed E-state index contributed by atoms with van der Waals surface area (Å²) in [7, 11) is 0. The Kier molecular flexibility index (Phi) is 4.97. The molecule has 0 aliphatic carbocycles. The number of nitrogens with zero attached hydrogens (tertiary/aromatic N) is 1. The lowest BCUT2D eigenvalue weighted by Gasteiger charge is -2.25. The SMILES string of the molecule is CCCN(C=O)C(C(=O)O)c1ccc(O)c(Cl)c1. The molecule has 0 radical (unpaired) electrons. The Hall–Kier alpha value is -1.75. The van der Waals surface area contributed by atoms with Gasteiger partial charge in [0.1, 0.15) is 5.75 Å². The van der Waals surface area contributed by atoms with Crippen molar-refractivity contribution in [3.8, 4) is 5.75 Å². The molecule has 0 saturated carbocycles. The van der Waals surface area contributed by atoms with Gasteiger partial charge in [-0.2, -0.15) is 0 Å². The highest BCUT2D eigenvalue weighted by atomic mass is 35.5. The molecule has 0 fully saturated rings. The number of halogens is 1. The number of phenols is 1. The van der Waals surface area contributed by atoms with Gasteiger partial charge in [0.05, 0.1) is 5.02 Å². The Balaban J connectivity index is 3.14. The molecule has 1 unspecified atom stereocenters. The molecule has 1 atom stereocenters. The third-order valence-corrected chi connectivity index (χ3v) is 2.77. The maximum atomic E-state index is 11.3. The average molecular weight is 272 g/mol. The summed E-state index contributed by atoms with van der Waals surface area (Å²) in [6, 6.07) is 3.00. The first-order valence-corrected chi connectivity index (χ1v) is 5.81. The van der Waals surface area contributed by atoms with E-state index >= 15 is 0 Å². The van der Waals surface area contributed by atoms with Gasteiger partial charge in [-0.1, -0.05) is 24.6 Å². The zero-order valence-electron chi connectivity index (χ0n) is 9.84. The highest BCUT2D eigenvalue weighted by Gasteiger charge is 2.26. The van der Waals surface area contributed by atoms with E-state index in [1.165, 1.54) is 23.1 Å². The minimum atomic E-state index is -1.14. The van der Waals surface area contributed by atoms with Gasteiger partial charge >= 0.3 is 5.97 Å². The second-order valence-electron chi connectivity index (χ2n) is 3.79. The van der Waals surface area contributed by atoms with E-state index in [1.807, 2.05) is 6.92 Å². The molecule has 0 spiro atoms. The van der Waals surface area contributed by atoms with Crippen LogP contribution in [0, 0.1) is 0 Å². The van der Waals surface area contributed by atoms with Gasteiger partial charge in [-0.3, -0.25) is 4.79 Å². The van der Waals surface area contributed by atoms with E-state index in [2.05, 4.69) is 0 Å². The highest BCUT2D eigenvalue weighted by molar-refractivity contribution is 6.32. The second kappa shape index (κ2) is 6.26. The van der Waals surface area contributed by atoms with Crippen LogP contribution in [0.4, 0.5) is 0 Å². The molecule has 1 aromatic carbocycles. The number of rotatable bonds is 6. The molecular weight excluding hydrogens is 258 g/mol. The van der Waals surface area contributed by atoms with Crippen molar-refractivity contribution in [3.05, 3.63) is 28.8 Å². The summed E-state index contributed by atoms with van der Waals surface area (Å²) in [5.41, 5.74) is 0.353. The van der Waals surface area contributed by atoms with Crippen molar-refractivity contribution < 1.29 is 19.8 Å². The molecule has 0 bridgehead atoms. The number of aliphatic carboxylic acids is 1. The number of carboxylic acids is 1. The van der Waals surface area contributed by atoms with Gasteiger partial charge in [-0.25, -0.2) is 4.79 Å². The average Bonchev–Trinajstić information content (AvgIpc) is 2.32. The normalized spacial score (nSPS) is 11.9. The molecule has 6 heteroatoms. The molecule has 0 saturated heterocycles. The number of aromatic hydroxyl groups is 1. The molecule has 18 heavy (non-hydrogen) atoms. The zero-order valence-corrected chi connectivity index (χ0v) is 10.6. The molecule has 0 aromatic heterocycles. The first-order valence-electron chi connectivity index (χ1n) is 5.43. The third kappa shape index (κ3) is 3.13. The van der Waals surface area contributed by atoms with Gasteiger partial charge in [0, 0.05) is 6.54 Å². The van der Waals surface area contributed by atoms with E-state index in [1.54, 1.807) is 0 Å². The standard InChI is InChI=1S/C12H14ClNO4/c1-2-5-14(7-15)11(12(17)18)8-3-4-10(16)9(13)6-8/h3-4,6-7,11,16H,2,5H2,1H3,(H,17,18). The lowest BCUT2D eigenvalue weighted by molar-refractivity contribution is -0.146. The second-order valence-corrected chi connectivity index (χ2v) is 4.20. The molecule has 1 rings (SSSR count). The van der Waals surface area contributed by atoms with E-state index < -0.39 is 12.0 Å². The van der Waals surface area contributed by atoms with Gasteiger partial charge in [0.2, 0.25) is 6.41 Å². The van der Waals surface area contributed by atoms with E-state index in [0.29, 0.717) is 24.9 Å². The Bertz CT molecular complexity index is 450. The number of benzene rings is 1. The lowest BCUT2D eigenvalue weighted by atomic mass is 10.1. The molecular formula is C12H14ClNO4. The van der Waals surface area contributed by atoms with Crippen LogP contribution in [0.25, 0.3) is 0 Å². The number of carbonyl (C=O) groups is 2. The van der Waals surface area contributed by atoms with Crippen molar-refractivity contribution in [2.45, 2.75) is 19.4 Å². The van der Waals surface area contributed by atoms with Crippen molar-refractivity contribution in [3.63, 3.8) is 0 Å². The molecule has 1 aromatic rings. The number of hydrogen-bond donors (Lipinski definition) is 2. The number of hydrogen-bond acceptors (Lipinski definition) is 3. The maximum Gasteiger partial charge on any atom is 0.331 e. The van der Waals surface area contributed by atoms with E-state index in [4.69, 9.17) is 11.6 Å². The van der Waals surface area contributed by atoms with E-state index in [0.717, 1.165) is 0 Å². The molecule has 1 amide bonds. The fourth-order valence-corrected chi connectivity index (χ4v) is 1.86. The maximum absolute atomic E-state index is 11.3. The van der Waals surface area contributed by atoms with Gasteiger partial charge in [0.25, 0.3) is 0 Å². The Labute approximate surface area is 110 Å². The third-order valence-electron chi connectivity index (χ3n) is 2.47. The number of carboxylic acid groups (broad SMARTS) is 1. The summed E-state index contributed by atoms with van der Waals surface area (Å²) in [6.45, 7) is 2.18. The van der Waals surface area contributed by atoms with Gasteiger partial charge in [0.15, 0.2) is 6.04 Å². The van der Waals surface area contributed by atoms with Crippen LogP contribution in [0.1, 0.15) is 24.9 Å². The summed E-state index contributed by atoms with van der Waals surface area (Å²) in [4.78, 5) is 23.4. The first-order chi connectivity index (χ1) is 8.51. The van der Waals surface area contributed by atoms with E-state index in [9.17, 15) is 19.8 Å². The van der Waals surface area contributed by atoms with Crippen molar-refractivity contribution >= 4 is 24.0 Å². The molecule has 0 aliphatic rings. The summed E-state index contributed by atoms with van der Waals surface area (Å²) in [6.07, 6.45) is 1.15. The van der Waals surface area contributed by atoms with Gasteiger partial charge < -0.3 is 15.1 Å². The minimum Gasteiger partial charge on any atom is -0.506 e. The number of amides is 1. The molecule has 5 nitrogen and oxygen atoms in total. The van der Waals surface area contributed by atoms with Crippen LogP contribution in [0.2, 0.25) is 5.02 Å². The summed E-state index contributed by atoms with van der Waals surface area (Å²) in [5, 5.41) is 18.6. The van der Waals surface area contributed by atoms with Crippen LogP contribution in [0.5, 0.6) is 5.75 Å². The first kappa shape index (κ1) is 14.3. The fraction of sp³-hybridized carbons (Fsp3) is 0.333. The molecule has 0 aliphatic heterocycles. The monoisotopic (exact) mass is 271 g/mol. The van der Waals surface area contributed by atoms with E-state index in [-0.39, 0.29) is 10.8 Å². The Morgan fingerprint density at radius 1 is 1.56 bits per heavy atom. The van der Waals surface area contributed by atoms with Gasteiger partial charge in [-0.15, -0.1) is 0 Å². The van der Waals surface area contributed by atoms with Crippen molar-refractivity contribution in [1.82, 2.24) is 4.90 Å².